The molecule has 0 spiro atoms. The van der Waals surface area contributed by atoms with Crippen molar-refractivity contribution in [3.63, 3.8) is 0 Å². The van der Waals surface area contributed by atoms with Crippen LogP contribution in [0.1, 0.15) is 24.8 Å². The zero-order valence-corrected chi connectivity index (χ0v) is 23.0. The van der Waals surface area contributed by atoms with Gasteiger partial charge in [0.2, 0.25) is 5.91 Å². The molecule has 7 nitrogen and oxygen atoms in total. The van der Waals surface area contributed by atoms with Gasteiger partial charge in [-0.25, -0.2) is 4.98 Å². The first-order valence-corrected chi connectivity index (χ1v) is 13.7. The molecule has 3 aromatic carbocycles. The van der Waals surface area contributed by atoms with Gasteiger partial charge in [0.15, 0.2) is 16.7 Å². The Hall–Kier alpha value is -3.49. The van der Waals surface area contributed by atoms with Gasteiger partial charge in [-0.1, -0.05) is 47.6 Å². The van der Waals surface area contributed by atoms with Crippen LogP contribution in [0.2, 0.25) is 5.02 Å². The van der Waals surface area contributed by atoms with E-state index in [0.717, 1.165) is 24.2 Å². The number of ether oxygens (including phenoxy) is 2. The quantitative estimate of drug-likeness (QED) is 0.139. The van der Waals surface area contributed by atoms with E-state index < -0.39 is 0 Å². The molecule has 198 valence electrons. The van der Waals surface area contributed by atoms with Gasteiger partial charge in [-0.3, -0.25) is 14.2 Å². The Morgan fingerprint density at radius 3 is 2.61 bits per heavy atom. The Morgan fingerprint density at radius 1 is 1.00 bits per heavy atom. The molecule has 4 aromatic rings. The largest absolute Gasteiger partial charge is 0.493 e. The van der Waals surface area contributed by atoms with Gasteiger partial charge in [-0.15, -0.1) is 0 Å². The second-order valence-corrected chi connectivity index (χ2v) is 10.1. The van der Waals surface area contributed by atoms with Gasteiger partial charge in [0.25, 0.3) is 5.56 Å². The Kier molecular flexibility index (Phi) is 9.67. The van der Waals surface area contributed by atoms with Crippen molar-refractivity contribution >= 4 is 40.2 Å². The molecule has 0 bridgehead atoms. The zero-order chi connectivity index (χ0) is 26.9. The highest BCUT2D eigenvalue weighted by molar-refractivity contribution is 7.99. The minimum absolute atomic E-state index is 0.0233. The van der Waals surface area contributed by atoms with Crippen molar-refractivity contribution in [1.82, 2.24) is 14.9 Å². The van der Waals surface area contributed by atoms with Crippen LogP contribution >= 0.6 is 23.4 Å². The molecule has 38 heavy (non-hydrogen) atoms. The van der Waals surface area contributed by atoms with E-state index in [0.29, 0.717) is 57.7 Å². The number of fused-ring (bicyclic) bond motifs is 1. The van der Waals surface area contributed by atoms with Crippen molar-refractivity contribution in [2.75, 3.05) is 26.5 Å². The molecule has 0 saturated heterocycles. The van der Waals surface area contributed by atoms with E-state index in [1.807, 2.05) is 48.5 Å². The van der Waals surface area contributed by atoms with E-state index in [1.54, 1.807) is 37.0 Å². The van der Waals surface area contributed by atoms with E-state index in [9.17, 15) is 9.59 Å². The molecule has 1 aromatic heterocycles. The van der Waals surface area contributed by atoms with Crippen molar-refractivity contribution < 1.29 is 14.3 Å². The van der Waals surface area contributed by atoms with Crippen LogP contribution in [-0.2, 0) is 11.2 Å². The number of para-hydroxylation sites is 1. The molecule has 1 heterocycles. The molecular weight excluding hydrogens is 522 g/mol. The molecule has 9 heteroatoms. The number of hydrogen-bond donors (Lipinski definition) is 1. The first-order valence-electron chi connectivity index (χ1n) is 12.4. The van der Waals surface area contributed by atoms with Gasteiger partial charge >= 0.3 is 0 Å². The zero-order valence-electron chi connectivity index (χ0n) is 21.4. The summed E-state index contributed by atoms with van der Waals surface area (Å²) in [6.07, 6.45) is 2.70. The summed E-state index contributed by atoms with van der Waals surface area (Å²) in [4.78, 5) is 30.4. The number of nitrogens with zero attached hydrogens (tertiary/aromatic N) is 2. The van der Waals surface area contributed by atoms with Crippen molar-refractivity contribution in [1.29, 1.82) is 0 Å². The average Bonchev–Trinajstić information content (AvgIpc) is 2.93. The van der Waals surface area contributed by atoms with Gasteiger partial charge in [-0.05, 0) is 67.3 Å². The van der Waals surface area contributed by atoms with Crippen LogP contribution in [0, 0.1) is 0 Å². The highest BCUT2D eigenvalue weighted by Crippen LogP contribution is 2.27. The summed E-state index contributed by atoms with van der Waals surface area (Å²) in [5.41, 5.74) is 2.27. The molecule has 1 N–H and O–H groups in total. The second-order valence-electron chi connectivity index (χ2n) is 8.63. The van der Waals surface area contributed by atoms with Crippen molar-refractivity contribution in [2.24, 2.45) is 0 Å². The molecule has 0 atom stereocenters. The predicted octanol–water partition coefficient (Wildman–Crippen LogP) is 5.68. The third kappa shape index (κ3) is 6.88. The Bertz CT molecular complexity index is 1470. The number of halogens is 1. The van der Waals surface area contributed by atoms with Crippen LogP contribution < -0.4 is 20.3 Å². The number of amides is 1. The maximum atomic E-state index is 13.3. The lowest BCUT2D eigenvalue weighted by atomic mass is 10.1. The Balaban J connectivity index is 1.29. The molecule has 0 fully saturated rings. The van der Waals surface area contributed by atoms with Gasteiger partial charge in [0.05, 0.1) is 30.8 Å². The Labute approximate surface area is 231 Å². The third-order valence-corrected chi connectivity index (χ3v) is 7.28. The SMILES string of the molecule is COc1ccc(CCNC(=O)CCCCSc2nc3ccccc3c(=O)n2-c2cccc(Cl)c2)cc1OC. The van der Waals surface area contributed by atoms with Gasteiger partial charge < -0.3 is 14.8 Å². The lowest BCUT2D eigenvalue weighted by molar-refractivity contribution is -0.121. The van der Waals surface area contributed by atoms with Crippen LogP contribution in [0.15, 0.2) is 76.7 Å². The van der Waals surface area contributed by atoms with E-state index in [1.165, 1.54) is 11.8 Å². The topological polar surface area (TPSA) is 82.5 Å². The molecule has 0 aliphatic heterocycles. The number of carbonyl (C=O) groups is 1. The minimum Gasteiger partial charge on any atom is -0.493 e. The maximum absolute atomic E-state index is 13.3. The number of rotatable bonds is 12. The van der Waals surface area contributed by atoms with Crippen LogP contribution in [0.5, 0.6) is 11.5 Å². The van der Waals surface area contributed by atoms with Crippen LogP contribution in [0.25, 0.3) is 16.6 Å². The van der Waals surface area contributed by atoms with Crippen LogP contribution in [-0.4, -0.2) is 42.0 Å². The Morgan fingerprint density at radius 2 is 1.82 bits per heavy atom. The number of thioether (sulfide) groups is 1. The molecule has 1 amide bonds. The fourth-order valence-electron chi connectivity index (χ4n) is 4.07. The highest BCUT2D eigenvalue weighted by atomic mass is 35.5. The maximum Gasteiger partial charge on any atom is 0.266 e. The first kappa shape index (κ1) is 27.5. The number of benzene rings is 3. The number of methoxy groups -OCH3 is 2. The predicted molar refractivity (Wildman–Crippen MR) is 153 cm³/mol. The van der Waals surface area contributed by atoms with Crippen molar-refractivity contribution in [2.45, 2.75) is 30.8 Å². The van der Waals surface area contributed by atoms with Gasteiger partial charge in [0, 0.05) is 23.7 Å². The number of unbranched alkanes of at least 4 members (excludes halogenated alkanes) is 1. The van der Waals surface area contributed by atoms with E-state index in [4.69, 9.17) is 26.1 Å². The average molecular weight is 552 g/mol. The molecule has 0 saturated carbocycles. The van der Waals surface area contributed by atoms with Crippen LogP contribution in [0.3, 0.4) is 0 Å². The summed E-state index contributed by atoms with van der Waals surface area (Å²) in [7, 11) is 3.21. The number of nitrogens with one attached hydrogen (secondary N) is 1. The monoisotopic (exact) mass is 551 g/mol. The van der Waals surface area contributed by atoms with Gasteiger partial charge in [-0.2, -0.15) is 0 Å². The van der Waals surface area contributed by atoms with Gasteiger partial charge in [0.1, 0.15) is 0 Å². The standard InChI is InChI=1S/C29H30ClN3O4S/c1-36-25-14-13-20(18-26(25)37-2)15-16-31-27(34)12-5-6-17-38-29-32-24-11-4-3-10-23(24)28(35)33(29)22-9-7-8-21(30)19-22/h3-4,7-11,13-14,18-19H,5-6,12,15-17H2,1-2H3,(H,31,34). The molecular formula is C29H30ClN3O4S. The normalized spacial score (nSPS) is 10.9. The molecule has 0 unspecified atom stereocenters. The summed E-state index contributed by atoms with van der Waals surface area (Å²) < 4.78 is 12.2. The lowest BCUT2D eigenvalue weighted by Crippen LogP contribution is -2.25. The molecule has 0 radical (unpaired) electrons. The minimum atomic E-state index is -0.130. The van der Waals surface area contributed by atoms with E-state index in [2.05, 4.69) is 5.32 Å². The molecule has 4 rings (SSSR count). The fourth-order valence-corrected chi connectivity index (χ4v) is 5.27. The van der Waals surface area contributed by atoms with Crippen LogP contribution in [0.4, 0.5) is 0 Å². The summed E-state index contributed by atoms with van der Waals surface area (Å²) in [5, 5.41) is 4.70. The molecule has 0 aliphatic carbocycles. The van der Waals surface area contributed by atoms with Crippen molar-refractivity contribution in [3.05, 3.63) is 87.7 Å². The number of carbonyl (C=O) groups excluding carboxylic acids is 1. The summed E-state index contributed by atoms with van der Waals surface area (Å²) in [6, 6.07) is 20.3. The molecule has 0 aliphatic rings. The second kappa shape index (κ2) is 13.3. The first-order chi connectivity index (χ1) is 18.5. The summed E-state index contributed by atoms with van der Waals surface area (Å²) >= 11 is 7.70. The lowest BCUT2D eigenvalue weighted by Gasteiger charge is -2.13. The number of aromatic nitrogens is 2. The third-order valence-electron chi connectivity index (χ3n) is 6.02. The number of hydrogen-bond acceptors (Lipinski definition) is 6. The smallest absolute Gasteiger partial charge is 0.266 e. The summed E-state index contributed by atoms with van der Waals surface area (Å²) in [5.74, 6) is 2.11. The fraction of sp³-hybridized carbons (Fsp3) is 0.276. The van der Waals surface area contributed by atoms with E-state index in [-0.39, 0.29) is 11.5 Å². The van der Waals surface area contributed by atoms with Crippen molar-refractivity contribution in [3.8, 4) is 17.2 Å². The van der Waals surface area contributed by atoms with E-state index >= 15 is 0 Å². The highest BCUT2D eigenvalue weighted by Gasteiger charge is 2.14. The summed E-state index contributed by atoms with van der Waals surface area (Å²) in [6.45, 7) is 0.552.